The first-order valence-electron chi connectivity index (χ1n) is 9.66. The van der Waals surface area contributed by atoms with Crippen molar-refractivity contribution in [2.75, 3.05) is 0 Å². The summed E-state index contributed by atoms with van der Waals surface area (Å²) in [5.74, 6) is -1.18. The van der Waals surface area contributed by atoms with Crippen LogP contribution in [0.2, 0.25) is 5.02 Å². The zero-order valence-corrected chi connectivity index (χ0v) is 18.1. The smallest absolute Gasteiger partial charge is 0.179 e. The molecule has 0 N–H and O–H groups in total. The van der Waals surface area contributed by atoms with Crippen LogP contribution in [0.15, 0.2) is 36.4 Å². The summed E-state index contributed by atoms with van der Waals surface area (Å²) in [7, 11) is 0. The molecule has 0 spiro atoms. The van der Waals surface area contributed by atoms with E-state index in [0.29, 0.717) is 11.4 Å². The molecule has 1 fully saturated rings. The first kappa shape index (κ1) is 20.8. The average Bonchev–Trinajstić information content (AvgIpc) is 2.62. The summed E-state index contributed by atoms with van der Waals surface area (Å²) in [4.78, 5) is 26.2. The number of hydrogen-bond donors (Lipinski definition) is 0. The Bertz CT molecular complexity index is 930. The van der Waals surface area contributed by atoms with Crippen LogP contribution in [0.1, 0.15) is 57.2 Å². The normalized spacial score (nSPS) is 19.1. The van der Waals surface area contributed by atoms with Crippen LogP contribution in [0, 0.1) is 6.92 Å². The lowest BCUT2D eigenvalue weighted by atomic mass is 9.73. The van der Waals surface area contributed by atoms with Crippen LogP contribution in [0.5, 0.6) is 0 Å². The number of halogens is 1. The van der Waals surface area contributed by atoms with E-state index in [0.717, 1.165) is 27.8 Å². The van der Waals surface area contributed by atoms with Gasteiger partial charge in [-0.1, -0.05) is 48.4 Å². The lowest BCUT2D eigenvalue weighted by molar-refractivity contribution is -0.184. The van der Waals surface area contributed by atoms with Gasteiger partial charge in [0.15, 0.2) is 11.6 Å². The van der Waals surface area contributed by atoms with Crippen molar-refractivity contribution in [3.05, 3.63) is 58.1 Å². The van der Waals surface area contributed by atoms with Gasteiger partial charge in [0.25, 0.3) is 0 Å². The van der Waals surface area contributed by atoms with Gasteiger partial charge in [-0.15, -0.1) is 0 Å². The summed E-state index contributed by atoms with van der Waals surface area (Å²) in [5.41, 5.74) is 2.80. The van der Waals surface area contributed by atoms with Crippen LogP contribution < -0.4 is 0 Å². The molecule has 0 aliphatic carbocycles. The summed E-state index contributed by atoms with van der Waals surface area (Å²) in [6, 6.07) is 11.8. The highest BCUT2D eigenvalue weighted by molar-refractivity contribution is 6.33. The summed E-state index contributed by atoms with van der Waals surface area (Å²) in [5, 5.41) is 0.681. The standard InChI is InChI=1S/C24H27ClO3/c1-7-15-13-16(18-12-14(2)8-11-19(18)25)9-10-17(15)20-21(26)23(3,4)28-24(5,6)22(20)27/h8-13,20H,7H2,1-6H3. The summed E-state index contributed by atoms with van der Waals surface area (Å²) < 4.78 is 5.82. The zero-order chi connectivity index (χ0) is 20.9. The number of Topliss-reactive ketones (excluding diaryl/α,β-unsaturated/α-hetero) is 2. The van der Waals surface area contributed by atoms with Crippen molar-refractivity contribution < 1.29 is 14.3 Å². The van der Waals surface area contributed by atoms with Gasteiger partial charge in [0, 0.05) is 10.6 Å². The van der Waals surface area contributed by atoms with E-state index in [1.807, 2.05) is 50.2 Å². The van der Waals surface area contributed by atoms with E-state index < -0.39 is 17.1 Å². The Morgan fingerprint density at radius 2 is 1.57 bits per heavy atom. The van der Waals surface area contributed by atoms with Gasteiger partial charge in [0.05, 0.1) is 0 Å². The minimum Gasteiger partial charge on any atom is -0.354 e. The lowest BCUT2D eigenvalue weighted by Gasteiger charge is -2.43. The van der Waals surface area contributed by atoms with E-state index in [-0.39, 0.29) is 11.6 Å². The molecule has 2 aromatic carbocycles. The fraction of sp³-hybridized carbons (Fsp3) is 0.417. The van der Waals surface area contributed by atoms with Crippen molar-refractivity contribution in [2.24, 2.45) is 0 Å². The second-order valence-corrected chi connectivity index (χ2v) is 8.94. The van der Waals surface area contributed by atoms with Crippen molar-refractivity contribution >= 4 is 23.2 Å². The molecular formula is C24H27ClO3. The predicted octanol–water partition coefficient (Wildman–Crippen LogP) is 5.69. The highest BCUT2D eigenvalue weighted by atomic mass is 35.5. The molecule has 2 aromatic rings. The molecule has 4 heteroatoms. The lowest BCUT2D eigenvalue weighted by Crippen LogP contribution is -2.58. The van der Waals surface area contributed by atoms with Gasteiger partial charge in [-0.25, -0.2) is 0 Å². The molecule has 0 saturated carbocycles. The van der Waals surface area contributed by atoms with Crippen LogP contribution in [0.3, 0.4) is 0 Å². The molecule has 0 atom stereocenters. The van der Waals surface area contributed by atoms with Gasteiger partial charge in [-0.2, -0.15) is 0 Å². The molecule has 0 radical (unpaired) electrons. The maximum Gasteiger partial charge on any atom is 0.179 e. The minimum absolute atomic E-state index is 0.187. The van der Waals surface area contributed by atoms with Crippen LogP contribution >= 0.6 is 11.6 Å². The Hall–Kier alpha value is -1.97. The van der Waals surface area contributed by atoms with Gasteiger partial charge in [0.1, 0.15) is 17.1 Å². The molecule has 1 aliphatic heterocycles. The largest absolute Gasteiger partial charge is 0.354 e. The van der Waals surface area contributed by atoms with Crippen molar-refractivity contribution in [1.29, 1.82) is 0 Å². The summed E-state index contributed by atoms with van der Waals surface area (Å²) in [6.45, 7) is 11.0. The van der Waals surface area contributed by atoms with E-state index in [4.69, 9.17) is 16.3 Å². The number of benzene rings is 2. The van der Waals surface area contributed by atoms with Crippen molar-refractivity contribution in [2.45, 2.75) is 65.1 Å². The fourth-order valence-corrected chi connectivity index (χ4v) is 4.28. The summed E-state index contributed by atoms with van der Waals surface area (Å²) in [6.07, 6.45) is 0.714. The van der Waals surface area contributed by atoms with Crippen LogP contribution in [0.25, 0.3) is 11.1 Å². The third-order valence-corrected chi connectivity index (χ3v) is 5.82. The Morgan fingerprint density at radius 3 is 2.14 bits per heavy atom. The third kappa shape index (κ3) is 3.54. The van der Waals surface area contributed by atoms with E-state index >= 15 is 0 Å². The Balaban J connectivity index is 2.13. The molecule has 1 heterocycles. The molecular weight excluding hydrogens is 372 g/mol. The number of ether oxygens (including phenoxy) is 1. The number of hydrogen-bond acceptors (Lipinski definition) is 3. The SMILES string of the molecule is CCc1cc(-c2cc(C)ccc2Cl)ccc1C1C(=O)C(C)(C)OC(C)(C)C1=O. The molecule has 1 aliphatic rings. The molecule has 0 aromatic heterocycles. The average molecular weight is 399 g/mol. The minimum atomic E-state index is -1.01. The molecule has 3 nitrogen and oxygen atoms in total. The predicted molar refractivity (Wildman–Crippen MR) is 113 cm³/mol. The fourth-order valence-electron chi connectivity index (χ4n) is 4.06. The molecule has 28 heavy (non-hydrogen) atoms. The number of rotatable bonds is 3. The van der Waals surface area contributed by atoms with Crippen molar-refractivity contribution in [3.63, 3.8) is 0 Å². The monoisotopic (exact) mass is 398 g/mol. The third-order valence-electron chi connectivity index (χ3n) is 5.49. The van der Waals surface area contributed by atoms with E-state index in [1.54, 1.807) is 27.7 Å². The Morgan fingerprint density at radius 1 is 0.964 bits per heavy atom. The highest BCUT2D eigenvalue weighted by Gasteiger charge is 2.53. The topological polar surface area (TPSA) is 43.4 Å². The second-order valence-electron chi connectivity index (χ2n) is 8.53. The quantitative estimate of drug-likeness (QED) is 0.624. The van der Waals surface area contributed by atoms with Gasteiger partial charge in [0.2, 0.25) is 0 Å². The molecule has 0 bridgehead atoms. The maximum absolute atomic E-state index is 13.1. The molecule has 3 rings (SSSR count). The van der Waals surface area contributed by atoms with Gasteiger partial charge in [-0.05, 0) is 69.9 Å². The van der Waals surface area contributed by atoms with Crippen molar-refractivity contribution in [3.8, 4) is 11.1 Å². The van der Waals surface area contributed by atoms with Gasteiger partial charge >= 0.3 is 0 Å². The summed E-state index contributed by atoms with van der Waals surface area (Å²) >= 11 is 6.41. The van der Waals surface area contributed by atoms with E-state index in [2.05, 4.69) is 0 Å². The van der Waals surface area contributed by atoms with Gasteiger partial charge in [-0.3, -0.25) is 9.59 Å². The number of carbonyl (C=O) groups is 2. The molecule has 1 saturated heterocycles. The number of aryl methyl sites for hydroxylation is 2. The van der Waals surface area contributed by atoms with Crippen LogP contribution in [0.4, 0.5) is 0 Å². The second kappa shape index (κ2) is 7.13. The number of ketones is 2. The zero-order valence-electron chi connectivity index (χ0n) is 17.4. The first-order chi connectivity index (χ1) is 13.0. The maximum atomic E-state index is 13.1. The van der Waals surface area contributed by atoms with Crippen LogP contribution in [-0.2, 0) is 20.7 Å². The molecule has 0 unspecified atom stereocenters. The van der Waals surface area contributed by atoms with Crippen molar-refractivity contribution in [1.82, 2.24) is 0 Å². The number of carbonyl (C=O) groups excluding carboxylic acids is 2. The Labute approximate surface area is 172 Å². The molecule has 148 valence electrons. The Kier molecular flexibility index (Phi) is 5.28. The van der Waals surface area contributed by atoms with E-state index in [1.165, 1.54) is 0 Å². The molecule has 0 amide bonds. The first-order valence-corrected chi connectivity index (χ1v) is 10.0. The highest BCUT2D eigenvalue weighted by Crippen LogP contribution is 2.40. The van der Waals surface area contributed by atoms with E-state index in [9.17, 15) is 9.59 Å². The van der Waals surface area contributed by atoms with Gasteiger partial charge < -0.3 is 4.74 Å². The van der Waals surface area contributed by atoms with Crippen LogP contribution in [-0.4, -0.2) is 22.8 Å².